The van der Waals surface area contributed by atoms with E-state index >= 15 is 4.39 Å². The number of nitrogens with two attached hydrogens (primary N) is 1. The predicted molar refractivity (Wildman–Crippen MR) is 130 cm³/mol. The Labute approximate surface area is 212 Å². The molecule has 1 aromatic heterocycles. The van der Waals surface area contributed by atoms with Gasteiger partial charge in [0.2, 0.25) is 0 Å². The van der Waals surface area contributed by atoms with Gasteiger partial charge in [-0.25, -0.2) is 13.8 Å². The summed E-state index contributed by atoms with van der Waals surface area (Å²) < 4.78 is 51.3. The number of nitrogen functional groups attached to an aromatic ring is 1. The van der Waals surface area contributed by atoms with Gasteiger partial charge in [-0.1, -0.05) is 24.1 Å². The molecule has 200 valence electrons. The van der Waals surface area contributed by atoms with Crippen molar-refractivity contribution in [1.82, 2.24) is 14.6 Å². The molecular formula is C23H28FN4O8P. The van der Waals surface area contributed by atoms with Gasteiger partial charge in [0.25, 0.3) is 0 Å². The van der Waals surface area contributed by atoms with Gasteiger partial charge in [0.1, 0.15) is 30.3 Å². The van der Waals surface area contributed by atoms with E-state index < -0.39 is 62.3 Å². The number of aliphatic hydroxyl groups is 1. The lowest BCUT2D eigenvalue weighted by atomic mass is 9.98. The van der Waals surface area contributed by atoms with Gasteiger partial charge in [-0.3, -0.25) is 13.9 Å². The van der Waals surface area contributed by atoms with E-state index in [1.807, 2.05) is 0 Å². The highest BCUT2D eigenvalue weighted by Crippen LogP contribution is 2.48. The number of nitrogens with zero attached hydrogens (tertiary/aromatic N) is 2. The van der Waals surface area contributed by atoms with E-state index in [-0.39, 0.29) is 11.6 Å². The fraction of sp³-hybridized carbons (Fsp3) is 0.435. The van der Waals surface area contributed by atoms with Crippen LogP contribution in [0.25, 0.3) is 0 Å². The van der Waals surface area contributed by atoms with Crippen LogP contribution in [0.4, 0.5) is 10.2 Å². The maximum Gasteiger partial charge on any atom is 0.459 e. The number of hydrogen-bond acceptors (Lipinski definition) is 10. The van der Waals surface area contributed by atoms with E-state index in [2.05, 4.69) is 16.0 Å². The average Bonchev–Trinajstić information content (AvgIpc) is 3.08. The highest BCUT2D eigenvalue weighted by atomic mass is 31.2. The van der Waals surface area contributed by atoms with Gasteiger partial charge in [0.15, 0.2) is 18.0 Å². The zero-order valence-electron chi connectivity index (χ0n) is 20.3. The molecule has 2 heterocycles. The van der Waals surface area contributed by atoms with Crippen LogP contribution in [0, 0.1) is 12.3 Å². The topological polar surface area (TPSA) is 164 Å². The van der Waals surface area contributed by atoms with Crippen molar-refractivity contribution < 1.29 is 37.4 Å². The van der Waals surface area contributed by atoms with Crippen LogP contribution >= 0.6 is 7.75 Å². The van der Waals surface area contributed by atoms with Crippen molar-refractivity contribution in [1.29, 1.82) is 0 Å². The van der Waals surface area contributed by atoms with Gasteiger partial charge in [-0.2, -0.15) is 10.1 Å². The number of benzene rings is 1. The number of nitrogens with one attached hydrogen (secondary N) is 1. The second-order valence-corrected chi connectivity index (χ2v) is 10.2. The van der Waals surface area contributed by atoms with Crippen molar-refractivity contribution in [3.63, 3.8) is 0 Å². The molecule has 37 heavy (non-hydrogen) atoms. The van der Waals surface area contributed by atoms with Crippen LogP contribution in [0.5, 0.6) is 5.75 Å². The Morgan fingerprint density at radius 1 is 1.38 bits per heavy atom. The maximum absolute atomic E-state index is 15.1. The third kappa shape index (κ3) is 6.54. The Hall–Kier alpha value is -3.27. The Bertz CT molecular complexity index is 1250. The normalized spacial score (nSPS) is 25.7. The Balaban J connectivity index is 1.86. The van der Waals surface area contributed by atoms with E-state index in [1.165, 1.54) is 25.1 Å². The highest BCUT2D eigenvalue weighted by molar-refractivity contribution is 7.52. The Morgan fingerprint density at radius 3 is 2.65 bits per heavy atom. The number of ether oxygens (including phenoxy) is 2. The number of esters is 1. The standard InChI is InChI=1S/C23H28FN4O8P/c1-5-23(19(29)18(24)20(35-23)28-12-11-17(25)26-22(28)31)13-33-37(32,36-16-9-7-6-8-10-16)27-15(4)21(30)34-14(2)3/h1,6-12,14-15,18-20,29H,13H2,2-4H3,(H,27,32)(H2,25,26,31). The van der Waals surface area contributed by atoms with Crippen LogP contribution in [0.1, 0.15) is 27.0 Å². The minimum Gasteiger partial charge on any atom is -0.462 e. The van der Waals surface area contributed by atoms with Crippen molar-refractivity contribution in [2.24, 2.45) is 0 Å². The number of terminal acetylenes is 1. The molecule has 6 unspecified atom stereocenters. The first-order valence-electron chi connectivity index (χ1n) is 11.2. The molecule has 6 atom stereocenters. The Morgan fingerprint density at radius 2 is 2.05 bits per heavy atom. The molecule has 4 N–H and O–H groups in total. The van der Waals surface area contributed by atoms with Crippen LogP contribution in [-0.4, -0.2) is 57.3 Å². The second kappa shape index (κ2) is 11.4. The zero-order valence-corrected chi connectivity index (χ0v) is 21.2. The molecule has 2 aromatic rings. The Kier molecular flexibility index (Phi) is 8.73. The second-order valence-electron chi connectivity index (χ2n) is 8.49. The summed E-state index contributed by atoms with van der Waals surface area (Å²) in [5.74, 6) is 1.41. The molecule has 0 radical (unpaired) electrons. The molecule has 1 saturated heterocycles. The lowest BCUT2D eigenvalue weighted by molar-refractivity contribution is -0.149. The minimum atomic E-state index is -4.41. The molecule has 12 nitrogen and oxygen atoms in total. The van der Waals surface area contributed by atoms with Crippen LogP contribution in [0.2, 0.25) is 0 Å². The predicted octanol–water partition coefficient (Wildman–Crippen LogP) is 1.56. The number of alkyl halides is 1. The molecule has 0 bridgehead atoms. The lowest BCUT2D eigenvalue weighted by Gasteiger charge is -2.29. The molecule has 3 rings (SSSR count). The number of hydrogen-bond donors (Lipinski definition) is 3. The highest BCUT2D eigenvalue weighted by Gasteiger charge is 2.57. The quantitative estimate of drug-likeness (QED) is 0.228. The van der Waals surface area contributed by atoms with Gasteiger partial charge < -0.3 is 24.8 Å². The SMILES string of the molecule is C#CC1(COP(=O)(NC(C)C(=O)OC(C)C)Oc2ccccc2)OC(n2ccc(N)nc2=O)C(F)C1O. The smallest absolute Gasteiger partial charge is 0.459 e. The van der Waals surface area contributed by atoms with E-state index in [1.54, 1.807) is 32.0 Å². The summed E-state index contributed by atoms with van der Waals surface area (Å²) in [7, 11) is -4.41. The molecular weight excluding hydrogens is 510 g/mol. The molecule has 0 amide bonds. The van der Waals surface area contributed by atoms with Gasteiger partial charge in [-0.05, 0) is 39.0 Å². The largest absolute Gasteiger partial charge is 0.462 e. The molecule has 1 fully saturated rings. The fourth-order valence-corrected chi connectivity index (χ4v) is 4.91. The maximum atomic E-state index is 15.1. The molecule has 0 saturated carbocycles. The first-order chi connectivity index (χ1) is 17.4. The summed E-state index contributed by atoms with van der Waals surface area (Å²) >= 11 is 0. The number of anilines is 1. The lowest BCUT2D eigenvalue weighted by Crippen LogP contribution is -2.45. The van der Waals surface area contributed by atoms with Crippen LogP contribution in [0.15, 0.2) is 47.4 Å². The summed E-state index contributed by atoms with van der Waals surface area (Å²) in [6, 6.07) is 7.97. The van der Waals surface area contributed by atoms with Crippen molar-refractivity contribution in [2.75, 3.05) is 12.3 Å². The van der Waals surface area contributed by atoms with Crippen molar-refractivity contribution in [2.45, 2.75) is 57.0 Å². The summed E-state index contributed by atoms with van der Waals surface area (Å²) in [6.45, 7) is 3.81. The van der Waals surface area contributed by atoms with Gasteiger partial charge >= 0.3 is 19.4 Å². The average molecular weight is 538 g/mol. The van der Waals surface area contributed by atoms with Crippen molar-refractivity contribution >= 4 is 19.5 Å². The van der Waals surface area contributed by atoms with Crippen LogP contribution < -0.4 is 21.0 Å². The van der Waals surface area contributed by atoms with Crippen LogP contribution in [-0.2, 0) is 23.4 Å². The molecule has 0 spiro atoms. The third-order valence-corrected chi connectivity index (χ3v) is 6.85. The minimum absolute atomic E-state index is 0.100. The van der Waals surface area contributed by atoms with Crippen molar-refractivity contribution in [3.05, 3.63) is 53.1 Å². The molecule has 0 aliphatic carbocycles. The number of aliphatic hydroxyl groups excluding tert-OH is 1. The fourth-order valence-electron chi connectivity index (χ4n) is 3.39. The number of halogens is 1. The van der Waals surface area contributed by atoms with Crippen LogP contribution in [0.3, 0.4) is 0 Å². The number of carbonyl (C=O) groups excluding carboxylic acids is 1. The molecule has 1 aromatic carbocycles. The zero-order chi connectivity index (χ0) is 27.4. The molecule has 1 aliphatic rings. The monoisotopic (exact) mass is 538 g/mol. The van der Waals surface area contributed by atoms with E-state index in [0.29, 0.717) is 0 Å². The third-order valence-electron chi connectivity index (χ3n) is 5.23. The molecule has 1 aliphatic heterocycles. The first-order valence-corrected chi connectivity index (χ1v) is 12.7. The van der Waals surface area contributed by atoms with E-state index in [4.69, 9.17) is 30.7 Å². The summed E-state index contributed by atoms with van der Waals surface area (Å²) in [5.41, 5.74) is 2.34. The van der Waals surface area contributed by atoms with E-state index in [9.17, 15) is 19.3 Å². The van der Waals surface area contributed by atoms with Gasteiger partial charge in [-0.15, -0.1) is 6.42 Å². The van der Waals surface area contributed by atoms with Gasteiger partial charge in [0.05, 0.1) is 6.10 Å². The van der Waals surface area contributed by atoms with Crippen molar-refractivity contribution in [3.8, 4) is 18.1 Å². The van der Waals surface area contributed by atoms with E-state index in [0.717, 1.165) is 10.8 Å². The number of rotatable bonds is 10. The first kappa shape index (κ1) is 28.3. The molecule has 14 heteroatoms. The number of para-hydroxylation sites is 1. The number of aromatic nitrogens is 2. The summed E-state index contributed by atoms with van der Waals surface area (Å²) in [6.07, 6.45) is 0.401. The van der Waals surface area contributed by atoms with Gasteiger partial charge in [0, 0.05) is 6.20 Å². The summed E-state index contributed by atoms with van der Waals surface area (Å²) in [5, 5.41) is 13.1. The number of carbonyl (C=O) groups is 1. The summed E-state index contributed by atoms with van der Waals surface area (Å²) in [4.78, 5) is 28.0.